The van der Waals surface area contributed by atoms with Crippen molar-refractivity contribution in [2.75, 3.05) is 6.54 Å². The molecule has 0 saturated carbocycles. The number of phenols is 1. The number of aromatic hydroxyl groups is 1. The van der Waals surface area contributed by atoms with Crippen LogP contribution in [0.1, 0.15) is 35.3 Å². The van der Waals surface area contributed by atoms with Gasteiger partial charge in [-0.05, 0) is 37.6 Å². The molecule has 8 N–H and O–H groups in total. The molecular formula is C19H30N4O4. The second kappa shape index (κ2) is 14.5. The number of carboxylic acid groups (broad SMARTS) is 1. The number of aromatic nitrogens is 1. The van der Waals surface area contributed by atoms with Crippen LogP contribution in [0.2, 0.25) is 0 Å². The first kappa shape index (κ1) is 24.3. The molecule has 0 fully saturated rings. The lowest BCUT2D eigenvalue weighted by molar-refractivity contribution is -0.138. The molecular weight excluding hydrogens is 348 g/mol. The van der Waals surface area contributed by atoms with Crippen LogP contribution < -0.4 is 17.2 Å². The highest BCUT2D eigenvalue weighted by Crippen LogP contribution is 2.13. The monoisotopic (exact) mass is 378 g/mol. The van der Waals surface area contributed by atoms with Gasteiger partial charge in [0.25, 0.3) is 0 Å². The summed E-state index contributed by atoms with van der Waals surface area (Å²) in [6.45, 7) is 0.999. The van der Waals surface area contributed by atoms with Gasteiger partial charge in [-0.25, -0.2) is 0 Å². The van der Waals surface area contributed by atoms with E-state index in [0.717, 1.165) is 24.7 Å². The molecule has 1 atom stereocenters. The minimum atomic E-state index is -0.933. The number of unbranched alkanes of at least 4 members (excludes halogenated alkanes) is 1. The molecule has 1 aromatic heterocycles. The van der Waals surface area contributed by atoms with Gasteiger partial charge in [0.05, 0.1) is 5.69 Å². The molecule has 0 aliphatic rings. The van der Waals surface area contributed by atoms with Crippen molar-refractivity contribution < 1.29 is 19.8 Å². The minimum Gasteiger partial charge on any atom is -0.508 e. The number of rotatable bonds is 7. The standard InChI is InChI=1S/C7H9NO.C6H14N2O2.C6H7NO/c8-5-6-3-1-2-4-7(6)9;7-4-2-1-3-5(8)6(9)10;1-7-4-2-3-6(7)5-8/h1-4,9H,5,8H2;5H,1-4,7-8H2,(H,9,10);2-5H,1H3/t;5-;/m.0./s1. The second-order valence-corrected chi connectivity index (χ2v) is 5.72. The van der Waals surface area contributed by atoms with Gasteiger partial charge in [-0.2, -0.15) is 0 Å². The highest BCUT2D eigenvalue weighted by molar-refractivity contribution is 5.73. The van der Waals surface area contributed by atoms with Crippen molar-refractivity contribution in [3.05, 3.63) is 53.9 Å². The molecule has 150 valence electrons. The van der Waals surface area contributed by atoms with Crippen LogP contribution in [0.4, 0.5) is 0 Å². The first-order valence-electron chi connectivity index (χ1n) is 8.59. The summed E-state index contributed by atoms with van der Waals surface area (Å²) in [5, 5.41) is 17.4. The number of carboxylic acids is 1. The Kier molecular flexibility index (Phi) is 13.0. The predicted molar refractivity (Wildman–Crippen MR) is 105 cm³/mol. The zero-order chi connectivity index (χ0) is 20.7. The van der Waals surface area contributed by atoms with E-state index in [2.05, 4.69) is 0 Å². The summed E-state index contributed by atoms with van der Waals surface area (Å²) in [6.07, 6.45) is 4.83. The predicted octanol–water partition coefficient (Wildman–Crippen LogP) is 1.22. The third-order valence-corrected chi connectivity index (χ3v) is 3.60. The summed E-state index contributed by atoms with van der Waals surface area (Å²) in [5.74, 6) is -0.656. The average molecular weight is 378 g/mol. The van der Waals surface area contributed by atoms with Gasteiger partial charge in [0, 0.05) is 25.4 Å². The van der Waals surface area contributed by atoms with Crippen LogP contribution in [-0.2, 0) is 18.4 Å². The molecule has 0 unspecified atom stereocenters. The largest absolute Gasteiger partial charge is 0.508 e. The maximum Gasteiger partial charge on any atom is 0.320 e. The Morgan fingerprint density at radius 3 is 2.22 bits per heavy atom. The quantitative estimate of drug-likeness (QED) is 0.358. The topological polar surface area (TPSA) is 158 Å². The number of para-hydroxylation sites is 1. The summed E-state index contributed by atoms with van der Waals surface area (Å²) in [4.78, 5) is 20.2. The molecule has 0 bridgehead atoms. The van der Waals surface area contributed by atoms with E-state index in [1.54, 1.807) is 28.8 Å². The van der Waals surface area contributed by atoms with E-state index in [1.165, 1.54) is 0 Å². The van der Waals surface area contributed by atoms with E-state index in [0.29, 0.717) is 25.2 Å². The van der Waals surface area contributed by atoms with Crippen molar-refractivity contribution in [1.82, 2.24) is 4.57 Å². The third-order valence-electron chi connectivity index (χ3n) is 3.60. The van der Waals surface area contributed by atoms with Crippen LogP contribution in [0.25, 0.3) is 0 Å². The van der Waals surface area contributed by atoms with E-state index in [1.807, 2.05) is 25.4 Å². The molecule has 0 amide bonds. The van der Waals surface area contributed by atoms with E-state index in [-0.39, 0.29) is 5.75 Å². The molecule has 27 heavy (non-hydrogen) atoms. The Morgan fingerprint density at radius 2 is 1.85 bits per heavy atom. The van der Waals surface area contributed by atoms with Crippen molar-refractivity contribution in [2.45, 2.75) is 31.8 Å². The Labute approximate surface area is 159 Å². The summed E-state index contributed by atoms with van der Waals surface area (Å²) in [6, 6.07) is 9.94. The smallest absolute Gasteiger partial charge is 0.320 e. The fraction of sp³-hybridized carbons (Fsp3) is 0.368. The molecule has 0 aliphatic heterocycles. The number of hydrogen-bond acceptors (Lipinski definition) is 6. The van der Waals surface area contributed by atoms with Crippen LogP contribution >= 0.6 is 0 Å². The van der Waals surface area contributed by atoms with Crippen molar-refractivity contribution in [1.29, 1.82) is 0 Å². The average Bonchev–Trinajstić information content (AvgIpc) is 3.08. The Morgan fingerprint density at radius 1 is 1.19 bits per heavy atom. The van der Waals surface area contributed by atoms with Gasteiger partial charge < -0.3 is 32.0 Å². The molecule has 8 nitrogen and oxygen atoms in total. The van der Waals surface area contributed by atoms with Crippen molar-refractivity contribution in [2.24, 2.45) is 24.2 Å². The molecule has 1 aromatic carbocycles. The Balaban J connectivity index is 0.000000377. The number of carbonyl (C=O) groups is 2. The summed E-state index contributed by atoms with van der Waals surface area (Å²) < 4.78 is 1.77. The van der Waals surface area contributed by atoms with E-state index in [4.69, 9.17) is 27.4 Å². The first-order chi connectivity index (χ1) is 12.9. The van der Waals surface area contributed by atoms with Crippen molar-refractivity contribution >= 4 is 12.3 Å². The normalized spacial score (nSPS) is 10.7. The zero-order valence-electron chi connectivity index (χ0n) is 15.6. The lowest BCUT2D eigenvalue weighted by atomic mass is 10.1. The van der Waals surface area contributed by atoms with Gasteiger partial charge in [-0.15, -0.1) is 0 Å². The number of benzene rings is 1. The number of nitrogens with zero attached hydrogens (tertiary/aromatic N) is 1. The van der Waals surface area contributed by atoms with Gasteiger partial charge in [-0.1, -0.05) is 24.6 Å². The van der Waals surface area contributed by atoms with Gasteiger partial charge in [0.15, 0.2) is 6.29 Å². The van der Waals surface area contributed by atoms with Crippen molar-refractivity contribution in [3.8, 4) is 5.75 Å². The maximum absolute atomic E-state index is 10.1. The minimum absolute atomic E-state index is 0.278. The van der Waals surface area contributed by atoms with E-state index < -0.39 is 12.0 Å². The number of carbonyl (C=O) groups excluding carboxylic acids is 1. The van der Waals surface area contributed by atoms with Crippen LogP contribution in [0.5, 0.6) is 5.75 Å². The summed E-state index contributed by atoms with van der Waals surface area (Å²) >= 11 is 0. The van der Waals surface area contributed by atoms with Gasteiger partial charge in [0.1, 0.15) is 11.8 Å². The number of nitrogens with two attached hydrogens (primary N) is 3. The highest BCUT2D eigenvalue weighted by atomic mass is 16.4. The number of hydrogen-bond donors (Lipinski definition) is 5. The zero-order valence-corrected chi connectivity index (χ0v) is 15.6. The van der Waals surface area contributed by atoms with Crippen LogP contribution in [0, 0.1) is 0 Å². The molecule has 0 saturated heterocycles. The van der Waals surface area contributed by atoms with Crippen molar-refractivity contribution in [3.63, 3.8) is 0 Å². The van der Waals surface area contributed by atoms with E-state index >= 15 is 0 Å². The van der Waals surface area contributed by atoms with Crippen LogP contribution in [-0.4, -0.2) is 39.6 Å². The van der Waals surface area contributed by atoms with Gasteiger partial charge in [-0.3, -0.25) is 9.59 Å². The molecule has 2 aromatic rings. The number of aldehydes is 1. The SMILES string of the molecule is Cn1cccc1C=O.NCCCC[C@H](N)C(=O)O.NCc1ccccc1O. The molecule has 8 heteroatoms. The van der Waals surface area contributed by atoms with Gasteiger partial charge >= 0.3 is 5.97 Å². The Hall–Kier alpha value is -2.68. The maximum atomic E-state index is 10.1. The highest BCUT2D eigenvalue weighted by Gasteiger charge is 2.09. The molecule has 0 spiro atoms. The van der Waals surface area contributed by atoms with Crippen LogP contribution in [0.3, 0.4) is 0 Å². The summed E-state index contributed by atoms with van der Waals surface area (Å²) in [5.41, 5.74) is 17.2. The molecule has 2 rings (SSSR count). The second-order valence-electron chi connectivity index (χ2n) is 5.72. The van der Waals surface area contributed by atoms with E-state index in [9.17, 15) is 9.59 Å². The van der Waals surface area contributed by atoms with Gasteiger partial charge in [0.2, 0.25) is 0 Å². The third kappa shape index (κ3) is 10.8. The first-order valence-corrected chi connectivity index (χ1v) is 8.59. The molecule has 0 aliphatic carbocycles. The number of aliphatic carboxylic acids is 1. The molecule has 0 radical (unpaired) electrons. The number of aryl methyl sites for hydroxylation is 1. The lowest BCUT2D eigenvalue weighted by Crippen LogP contribution is -2.29. The Bertz CT molecular complexity index is 673. The molecule has 1 heterocycles. The fourth-order valence-electron chi connectivity index (χ4n) is 1.91. The lowest BCUT2D eigenvalue weighted by Gasteiger charge is -2.03. The summed E-state index contributed by atoms with van der Waals surface area (Å²) in [7, 11) is 1.84. The van der Waals surface area contributed by atoms with Crippen LogP contribution in [0.15, 0.2) is 42.6 Å². The number of phenolic OH excluding ortho intramolecular Hbond substituents is 1. The fourth-order valence-corrected chi connectivity index (χ4v) is 1.91.